The minimum Gasteiger partial charge on any atom is -0.317 e. The molecule has 0 aromatic heterocycles. The molecule has 1 atom stereocenters. The van der Waals surface area contributed by atoms with Crippen LogP contribution in [0.15, 0.2) is 28.7 Å². The van der Waals surface area contributed by atoms with Crippen LogP contribution in [-0.2, 0) is 6.42 Å². The van der Waals surface area contributed by atoms with Gasteiger partial charge in [-0.05, 0) is 38.0 Å². The van der Waals surface area contributed by atoms with E-state index in [-0.39, 0.29) is 6.04 Å². The topological polar surface area (TPSA) is 12.0 Å². The molecule has 0 amide bonds. The van der Waals surface area contributed by atoms with Crippen molar-refractivity contribution in [2.75, 3.05) is 6.98 Å². The Balaban J connectivity index is 2.55. The van der Waals surface area contributed by atoms with Gasteiger partial charge in [-0.3, -0.25) is 0 Å². The quantitative estimate of drug-likeness (QED) is 0.843. The van der Waals surface area contributed by atoms with E-state index in [0.29, 0.717) is 6.42 Å². The lowest BCUT2D eigenvalue weighted by molar-refractivity contribution is 0.608. The van der Waals surface area contributed by atoms with Gasteiger partial charge in [-0.2, -0.15) is 0 Å². The summed E-state index contributed by atoms with van der Waals surface area (Å²) in [6.07, 6.45) is 0.706. The molecule has 0 heterocycles. The third-order valence-electron chi connectivity index (χ3n) is 1.68. The lowest BCUT2D eigenvalue weighted by Gasteiger charge is -2.09. The van der Waals surface area contributed by atoms with Gasteiger partial charge in [0.15, 0.2) is 0 Å². The summed E-state index contributed by atoms with van der Waals surface area (Å²) in [5.41, 5.74) is 1.12. The van der Waals surface area contributed by atoms with Crippen LogP contribution in [0.1, 0.15) is 16.6 Å². The predicted molar refractivity (Wildman–Crippen MR) is 56.4 cm³/mol. The van der Waals surface area contributed by atoms with E-state index in [0.717, 1.165) is 10.0 Å². The Labute approximate surface area is 86.5 Å². The highest BCUT2D eigenvalue weighted by atomic mass is 79.9. The lowest BCUT2D eigenvalue weighted by Crippen LogP contribution is -2.23. The number of nitrogens with one attached hydrogen (secondary N) is 1. The van der Waals surface area contributed by atoms with E-state index >= 15 is 0 Å². The highest BCUT2D eigenvalue weighted by molar-refractivity contribution is 9.10. The van der Waals surface area contributed by atoms with Gasteiger partial charge < -0.3 is 5.32 Å². The summed E-state index contributed by atoms with van der Waals surface area (Å²) >= 11 is 3.38. The second-order valence-corrected chi connectivity index (χ2v) is 3.80. The number of hydrogen-bond acceptors (Lipinski definition) is 1. The zero-order chi connectivity index (χ0) is 11.5. The molecule has 0 aliphatic rings. The molecule has 1 N–H and O–H groups in total. The minimum absolute atomic E-state index is 0.0631. The van der Waals surface area contributed by atoms with Gasteiger partial charge in [0.1, 0.15) is 0 Å². The minimum atomic E-state index is -2.06. The van der Waals surface area contributed by atoms with Crippen molar-refractivity contribution in [1.82, 2.24) is 5.32 Å². The molecular weight excluding hydrogens is 214 g/mol. The SMILES string of the molecule is [2H]C([2H])([2H])NC(C)Cc1cccc(Br)c1. The lowest BCUT2D eigenvalue weighted by atomic mass is 10.1. The number of rotatable bonds is 3. The fraction of sp³-hybridized carbons (Fsp3) is 0.400. The Morgan fingerprint density at radius 3 is 3.17 bits per heavy atom. The number of halogens is 1. The van der Waals surface area contributed by atoms with Crippen LogP contribution < -0.4 is 5.32 Å². The van der Waals surface area contributed by atoms with Crippen molar-refractivity contribution in [2.24, 2.45) is 0 Å². The summed E-state index contributed by atoms with van der Waals surface area (Å²) in [7, 11) is 0. The molecule has 66 valence electrons. The highest BCUT2D eigenvalue weighted by Crippen LogP contribution is 2.12. The van der Waals surface area contributed by atoms with Crippen LogP contribution in [0, 0.1) is 0 Å². The van der Waals surface area contributed by atoms with Gasteiger partial charge in [0, 0.05) is 14.6 Å². The summed E-state index contributed by atoms with van der Waals surface area (Å²) in [6.45, 7) is -0.196. The zero-order valence-corrected chi connectivity index (χ0v) is 8.56. The standard InChI is InChI=1S/C10H14BrN/c1-8(12-2)6-9-4-3-5-10(11)7-9/h3-5,7-8,12H,6H2,1-2H3/i2D3. The molecule has 0 radical (unpaired) electrons. The molecule has 0 bridgehead atoms. The van der Waals surface area contributed by atoms with Crippen molar-refractivity contribution < 1.29 is 4.11 Å². The van der Waals surface area contributed by atoms with Crippen LogP contribution in [-0.4, -0.2) is 13.0 Å². The Hall–Kier alpha value is -0.340. The number of benzene rings is 1. The molecule has 0 spiro atoms. The van der Waals surface area contributed by atoms with Crippen molar-refractivity contribution in [3.63, 3.8) is 0 Å². The number of hydrogen-bond donors (Lipinski definition) is 1. The van der Waals surface area contributed by atoms with Gasteiger partial charge in [0.25, 0.3) is 0 Å². The van der Waals surface area contributed by atoms with Crippen molar-refractivity contribution >= 4 is 15.9 Å². The predicted octanol–water partition coefficient (Wildman–Crippen LogP) is 2.60. The molecule has 1 unspecified atom stereocenters. The molecule has 1 aromatic rings. The maximum atomic E-state index is 7.08. The third kappa shape index (κ3) is 2.95. The van der Waals surface area contributed by atoms with Crippen molar-refractivity contribution in [1.29, 1.82) is 0 Å². The fourth-order valence-corrected chi connectivity index (χ4v) is 1.52. The first-order valence-corrected chi connectivity index (χ1v) is 4.68. The maximum Gasteiger partial charge on any atom is 0.0391 e. The summed E-state index contributed by atoms with van der Waals surface area (Å²) in [5.74, 6) is 0. The van der Waals surface area contributed by atoms with Crippen molar-refractivity contribution in [2.45, 2.75) is 19.4 Å². The average molecular weight is 231 g/mol. The first kappa shape index (κ1) is 6.17. The van der Waals surface area contributed by atoms with Gasteiger partial charge in [0.2, 0.25) is 0 Å². The van der Waals surface area contributed by atoms with Gasteiger partial charge in [-0.1, -0.05) is 28.1 Å². The van der Waals surface area contributed by atoms with Crippen molar-refractivity contribution in [3.8, 4) is 0 Å². The monoisotopic (exact) mass is 230 g/mol. The second kappa shape index (κ2) is 4.63. The van der Waals surface area contributed by atoms with Crippen LogP contribution in [0.4, 0.5) is 0 Å². The summed E-state index contributed by atoms with van der Waals surface area (Å²) in [4.78, 5) is 0. The fourth-order valence-electron chi connectivity index (χ4n) is 1.07. The molecule has 1 nitrogen and oxygen atoms in total. The highest BCUT2D eigenvalue weighted by Gasteiger charge is 1.99. The summed E-state index contributed by atoms with van der Waals surface area (Å²) in [6, 6.07) is 7.82. The van der Waals surface area contributed by atoms with Gasteiger partial charge >= 0.3 is 0 Å². The van der Waals surface area contributed by atoms with E-state index in [4.69, 9.17) is 4.11 Å². The molecule has 1 aromatic carbocycles. The average Bonchev–Trinajstić information content (AvgIpc) is 1.99. The third-order valence-corrected chi connectivity index (χ3v) is 2.17. The van der Waals surface area contributed by atoms with E-state index in [2.05, 4.69) is 21.2 Å². The van der Waals surface area contributed by atoms with E-state index in [1.54, 1.807) is 0 Å². The molecule has 12 heavy (non-hydrogen) atoms. The molecule has 1 rings (SSSR count). The smallest absolute Gasteiger partial charge is 0.0391 e. The molecule has 0 saturated carbocycles. The first-order chi connectivity index (χ1) is 6.87. The van der Waals surface area contributed by atoms with Crippen molar-refractivity contribution in [3.05, 3.63) is 34.3 Å². The van der Waals surface area contributed by atoms with Gasteiger partial charge in [-0.15, -0.1) is 0 Å². The number of likely N-dealkylation sites (N-methyl/N-ethyl adjacent to an activating group) is 1. The van der Waals surface area contributed by atoms with Crippen LogP contribution in [0.2, 0.25) is 0 Å². The Bertz CT molecular complexity index is 325. The van der Waals surface area contributed by atoms with E-state index in [9.17, 15) is 0 Å². The van der Waals surface area contributed by atoms with Crippen LogP contribution in [0.25, 0.3) is 0 Å². The molecule has 0 fully saturated rings. The first-order valence-electron chi connectivity index (χ1n) is 5.39. The molecule has 0 aliphatic carbocycles. The maximum absolute atomic E-state index is 7.08. The molecule has 0 saturated heterocycles. The molecule has 0 aliphatic heterocycles. The van der Waals surface area contributed by atoms with E-state index < -0.39 is 6.98 Å². The second-order valence-electron chi connectivity index (χ2n) is 2.88. The molecule has 2 heteroatoms. The largest absolute Gasteiger partial charge is 0.317 e. The van der Waals surface area contributed by atoms with Crippen LogP contribution in [0.5, 0.6) is 0 Å². The van der Waals surface area contributed by atoms with E-state index in [1.807, 2.05) is 31.2 Å². The normalized spacial score (nSPS) is 17.7. The van der Waals surface area contributed by atoms with Gasteiger partial charge in [-0.25, -0.2) is 0 Å². The molecular formula is C10H14BrN. The summed E-state index contributed by atoms with van der Waals surface area (Å²) in [5, 5.41) is 2.57. The van der Waals surface area contributed by atoms with Gasteiger partial charge in [0.05, 0.1) is 0 Å². The van der Waals surface area contributed by atoms with Crippen LogP contribution in [0.3, 0.4) is 0 Å². The van der Waals surface area contributed by atoms with Crippen LogP contribution >= 0.6 is 15.9 Å². The summed E-state index contributed by atoms with van der Waals surface area (Å²) < 4.78 is 22.3. The Morgan fingerprint density at radius 1 is 1.67 bits per heavy atom. The Kier molecular flexibility index (Phi) is 2.38. The Morgan fingerprint density at radius 2 is 2.50 bits per heavy atom. The van der Waals surface area contributed by atoms with E-state index in [1.165, 1.54) is 0 Å². The zero-order valence-electron chi connectivity index (χ0n) is 9.97.